The van der Waals surface area contributed by atoms with Crippen LogP contribution in [0.2, 0.25) is 5.02 Å². The molecule has 7 heteroatoms. The van der Waals surface area contributed by atoms with E-state index in [2.05, 4.69) is 9.97 Å². The number of nitrogens with zero attached hydrogens (tertiary/aromatic N) is 3. The zero-order valence-electron chi connectivity index (χ0n) is 12.6. The van der Waals surface area contributed by atoms with Gasteiger partial charge in [0.2, 0.25) is 0 Å². The first-order valence-electron chi connectivity index (χ1n) is 7.21. The molecule has 1 amide bonds. The standard InChI is InChI=1S/C16H16ClN3O3/c1-22-16-18-6-5-13(19-16)15(21)20-7-8-23-14(10-20)11-3-2-4-12(17)9-11/h2-6,9,14H,7-8,10H2,1H3. The zero-order valence-corrected chi connectivity index (χ0v) is 13.4. The molecular formula is C16H16ClN3O3. The van der Waals surface area contributed by atoms with Crippen LogP contribution in [0, 0.1) is 0 Å². The Labute approximate surface area is 139 Å². The fourth-order valence-corrected chi connectivity index (χ4v) is 2.66. The van der Waals surface area contributed by atoms with Gasteiger partial charge < -0.3 is 14.4 Å². The molecule has 1 aromatic carbocycles. The van der Waals surface area contributed by atoms with E-state index < -0.39 is 0 Å². The topological polar surface area (TPSA) is 64.5 Å². The largest absolute Gasteiger partial charge is 0.467 e. The third-order valence-corrected chi connectivity index (χ3v) is 3.84. The van der Waals surface area contributed by atoms with Crippen LogP contribution in [0.4, 0.5) is 0 Å². The van der Waals surface area contributed by atoms with Gasteiger partial charge in [-0.3, -0.25) is 4.79 Å². The number of halogens is 1. The Bertz CT molecular complexity index is 710. The maximum Gasteiger partial charge on any atom is 0.316 e. The first kappa shape index (κ1) is 15.7. The average Bonchev–Trinajstić information content (AvgIpc) is 2.61. The number of carbonyl (C=O) groups is 1. The van der Waals surface area contributed by atoms with Gasteiger partial charge in [0.25, 0.3) is 5.91 Å². The van der Waals surface area contributed by atoms with E-state index in [0.29, 0.717) is 30.4 Å². The van der Waals surface area contributed by atoms with Crippen LogP contribution < -0.4 is 4.74 Å². The molecule has 1 fully saturated rings. The van der Waals surface area contributed by atoms with Gasteiger partial charge in [0, 0.05) is 17.8 Å². The second-order valence-electron chi connectivity index (χ2n) is 5.09. The van der Waals surface area contributed by atoms with Crippen LogP contribution in [0.25, 0.3) is 0 Å². The first-order chi connectivity index (χ1) is 11.2. The molecule has 1 aromatic heterocycles. The maximum absolute atomic E-state index is 12.6. The molecule has 2 heterocycles. The van der Waals surface area contributed by atoms with Crippen molar-refractivity contribution in [3.05, 3.63) is 52.8 Å². The molecule has 0 bridgehead atoms. The van der Waals surface area contributed by atoms with Crippen molar-refractivity contribution in [2.45, 2.75) is 6.10 Å². The molecule has 120 valence electrons. The summed E-state index contributed by atoms with van der Waals surface area (Å²) in [5.74, 6) is -0.166. The molecule has 0 radical (unpaired) electrons. The molecule has 2 aromatic rings. The van der Waals surface area contributed by atoms with Crippen LogP contribution >= 0.6 is 11.6 Å². The lowest BCUT2D eigenvalue weighted by Gasteiger charge is -2.33. The smallest absolute Gasteiger partial charge is 0.316 e. The monoisotopic (exact) mass is 333 g/mol. The number of methoxy groups -OCH3 is 1. The lowest BCUT2D eigenvalue weighted by Crippen LogP contribution is -2.42. The number of hydrogen-bond acceptors (Lipinski definition) is 5. The summed E-state index contributed by atoms with van der Waals surface area (Å²) in [6.07, 6.45) is 1.31. The van der Waals surface area contributed by atoms with Gasteiger partial charge in [-0.25, -0.2) is 4.98 Å². The molecule has 1 unspecified atom stereocenters. The minimum atomic E-state index is -0.199. The van der Waals surface area contributed by atoms with Gasteiger partial charge in [-0.05, 0) is 23.8 Å². The van der Waals surface area contributed by atoms with Crippen LogP contribution in [0.3, 0.4) is 0 Å². The van der Waals surface area contributed by atoms with Gasteiger partial charge in [0.15, 0.2) is 0 Å². The minimum absolute atomic E-state index is 0.166. The quantitative estimate of drug-likeness (QED) is 0.862. The van der Waals surface area contributed by atoms with Crippen molar-refractivity contribution in [3.8, 4) is 6.01 Å². The third kappa shape index (κ3) is 3.60. The molecule has 23 heavy (non-hydrogen) atoms. The molecule has 6 nitrogen and oxygen atoms in total. The van der Waals surface area contributed by atoms with Crippen LogP contribution in [0.1, 0.15) is 22.2 Å². The van der Waals surface area contributed by atoms with E-state index in [1.807, 2.05) is 24.3 Å². The molecule has 0 N–H and O–H groups in total. The molecule has 1 aliphatic rings. The summed E-state index contributed by atoms with van der Waals surface area (Å²) in [4.78, 5) is 22.3. The molecular weight excluding hydrogens is 318 g/mol. The molecule has 0 saturated carbocycles. The normalized spacial score (nSPS) is 17.8. The number of ether oxygens (including phenoxy) is 2. The summed E-state index contributed by atoms with van der Waals surface area (Å²) >= 11 is 6.03. The van der Waals surface area contributed by atoms with Gasteiger partial charge in [0.05, 0.1) is 20.3 Å². The second-order valence-corrected chi connectivity index (χ2v) is 5.53. The molecule has 3 rings (SSSR count). The van der Waals surface area contributed by atoms with E-state index in [9.17, 15) is 4.79 Å². The van der Waals surface area contributed by atoms with Crippen molar-refractivity contribution < 1.29 is 14.3 Å². The van der Waals surface area contributed by atoms with E-state index in [4.69, 9.17) is 21.1 Å². The highest BCUT2D eigenvalue weighted by Crippen LogP contribution is 2.25. The minimum Gasteiger partial charge on any atom is -0.467 e. The summed E-state index contributed by atoms with van der Waals surface area (Å²) in [5.41, 5.74) is 1.26. The van der Waals surface area contributed by atoms with Crippen molar-refractivity contribution in [1.29, 1.82) is 0 Å². The Morgan fingerprint density at radius 3 is 3.09 bits per heavy atom. The lowest BCUT2D eigenvalue weighted by molar-refractivity contribution is -0.0230. The predicted octanol–water partition coefficient (Wildman–Crippen LogP) is 2.35. The summed E-state index contributed by atoms with van der Waals surface area (Å²) in [6, 6.07) is 9.23. The van der Waals surface area contributed by atoms with Crippen molar-refractivity contribution >= 4 is 17.5 Å². The van der Waals surface area contributed by atoms with Gasteiger partial charge >= 0.3 is 6.01 Å². The fraction of sp³-hybridized carbons (Fsp3) is 0.312. The Balaban J connectivity index is 1.76. The SMILES string of the molecule is COc1nccc(C(=O)N2CCOC(c3cccc(Cl)c3)C2)n1. The Hall–Kier alpha value is -2.18. The van der Waals surface area contributed by atoms with Gasteiger partial charge in [-0.1, -0.05) is 23.7 Å². The molecule has 1 atom stereocenters. The molecule has 1 aliphatic heterocycles. The van der Waals surface area contributed by atoms with E-state index >= 15 is 0 Å². The summed E-state index contributed by atoms with van der Waals surface area (Å²) in [5, 5.41) is 0.648. The highest BCUT2D eigenvalue weighted by atomic mass is 35.5. The molecule has 0 aliphatic carbocycles. The average molecular weight is 334 g/mol. The maximum atomic E-state index is 12.6. The van der Waals surface area contributed by atoms with Crippen LogP contribution in [0.5, 0.6) is 6.01 Å². The summed E-state index contributed by atoms with van der Waals surface area (Å²) in [7, 11) is 1.47. The number of morpholine rings is 1. The Kier molecular flexibility index (Phi) is 4.73. The molecule has 0 spiro atoms. The number of aromatic nitrogens is 2. The summed E-state index contributed by atoms with van der Waals surface area (Å²) in [6.45, 7) is 1.43. The van der Waals surface area contributed by atoms with E-state index in [-0.39, 0.29) is 18.0 Å². The number of carbonyl (C=O) groups excluding carboxylic acids is 1. The van der Waals surface area contributed by atoms with Gasteiger partial charge in [0.1, 0.15) is 11.8 Å². The molecule has 1 saturated heterocycles. The highest BCUT2D eigenvalue weighted by molar-refractivity contribution is 6.30. The number of amides is 1. The number of benzene rings is 1. The highest BCUT2D eigenvalue weighted by Gasteiger charge is 2.27. The summed E-state index contributed by atoms with van der Waals surface area (Å²) < 4.78 is 10.7. The van der Waals surface area contributed by atoms with Crippen molar-refractivity contribution in [2.75, 3.05) is 26.8 Å². The number of rotatable bonds is 3. The predicted molar refractivity (Wildman–Crippen MR) is 84.6 cm³/mol. The van der Waals surface area contributed by atoms with Crippen LogP contribution in [0.15, 0.2) is 36.5 Å². The van der Waals surface area contributed by atoms with Crippen molar-refractivity contribution in [2.24, 2.45) is 0 Å². The Morgan fingerprint density at radius 1 is 1.43 bits per heavy atom. The Morgan fingerprint density at radius 2 is 2.30 bits per heavy atom. The van der Waals surface area contributed by atoms with Crippen molar-refractivity contribution in [3.63, 3.8) is 0 Å². The van der Waals surface area contributed by atoms with Crippen LogP contribution in [-0.4, -0.2) is 47.6 Å². The lowest BCUT2D eigenvalue weighted by atomic mass is 10.1. The van der Waals surface area contributed by atoms with E-state index in [1.54, 1.807) is 11.0 Å². The number of hydrogen-bond donors (Lipinski definition) is 0. The fourth-order valence-electron chi connectivity index (χ4n) is 2.46. The van der Waals surface area contributed by atoms with E-state index in [1.165, 1.54) is 13.3 Å². The third-order valence-electron chi connectivity index (χ3n) is 3.61. The second kappa shape index (κ2) is 6.93. The van der Waals surface area contributed by atoms with E-state index in [0.717, 1.165) is 5.56 Å². The zero-order chi connectivity index (χ0) is 16.2. The van der Waals surface area contributed by atoms with Gasteiger partial charge in [-0.15, -0.1) is 0 Å². The van der Waals surface area contributed by atoms with Gasteiger partial charge in [-0.2, -0.15) is 4.98 Å². The first-order valence-corrected chi connectivity index (χ1v) is 7.58. The van der Waals surface area contributed by atoms with Crippen LogP contribution in [-0.2, 0) is 4.74 Å². The van der Waals surface area contributed by atoms with Crippen molar-refractivity contribution in [1.82, 2.24) is 14.9 Å².